The monoisotopic (exact) mass is 229 g/mol. The lowest BCUT2D eigenvalue weighted by Gasteiger charge is -2.24. The summed E-state index contributed by atoms with van der Waals surface area (Å²) in [6.45, 7) is 3.24. The molecule has 16 heavy (non-hydrogen) atoms. The highest BCUT2D eigenvalue weighted by molar-refractivity contribution is 5.54. The fourth-order valence-corrected chi connectivity index (χ4v) is 1.53. The maximum Gasteiger partial charge on any atom is 0.173 e. The van der Waals surface area contributed by atoms with Crippen molar-refractivity contribution >= 4 is 0 Å². The molecule has 0 heterocycles. The predicted octanol–water partition coefficient (Wildman–Crippen LogP) is 1.74. The average Bonchev–Trinajstić information content (AvgIpc) is 2.19. The SMILES string of the molecule is COc1cc(O)c(F)c(C(C)(C)N)c1OC. The van der Waals surface area contributed by atoms with Gasteiger partial charge in [0, 0.05) is 11.6 Å². The molecule has 0 aliphatic rings. The molecule has 0 amide bonds. The molecular formula is C11H16FNO3. The lowest BCUT2D eigenvalue weighted by molar-refractivity contribution is 0.328. The summed E-state index contributed by atoms with van der Waals surface area (Å²) in [4.78, 5) is 0. The summed E-state index contributed by atoms with van der Waals surface area (Å²) >= 11 is 0. The van der Waals surface area contributed by atoms with Crippen LogP contribution >= 0.6 is 0 Å². The van der Waals surface area contributed by atoms with Gasteiger partial charge >= 0.3 is 0 Å². The summed E-state index contributed by atoms with van der Waals surface area (Å²) in [6.07, 6.45) is 0. The first-order valence-electron chi connectivity index (χ1n) is 4.75. The number of halogens is 1. The van der Waals surface area contributed by atoms with Crippen LogP contribution in [0.4, 0.5) is 4.39 Å². The Hall–Kier alpha value is -1.49. The highest BCUT2D eigenvalue weighted by Crippen LogP contribution is 2.42. The maximum absolute atomic E-state index is 13.8. The topological polar surface area (TPSA) is 64.7 Å². The molecule has 0 aliphatic heterocycles. The second kappa shape index (κ2) is 4.17. The molecule has 0 radical (unpaired) electrons. The molecule has 0 saturated carbocycles. The van der Waals surface area contributed by atoms with Crippen molar-refractivity contribution in [3.05, 3.63) is 17.4 Å². The minimum atomic E-state index is -0.985. The highest BCUT2D eigenvalue weighted by Gasteiger charge is 2.29. The van der Waals surface area contributed by atoms with Gasteiger partial charge < -0.3 is 20.3 Å². The van der Waals surface area contributed by atoms with E-state index in [0.29, 0.717) is 0 Å². The first-order valence-corrected chi connectivity index (χ1v) is 4.75. The maximum atomic E-state index is 13.8. The van der Waals surface area contributed by atoms with Gasteiger partial charge in [0.25, 0.3) is 0 Å². The molecule has 0 spiro atoms. The molecule has 0 bridgehead atoms. The molecule has 1 rings (SSSR count). The first kappa shape index (κ1) is 12.6. The number of hydrogen-bond acceptors (Lipinski definition) is 4. The average molecular weight is 229 g/mol. The third kappa shape index (κ3) is 2.04. The Morgan fingerprint density at radius 1 is 1.31 bits per heavy atom. The van der Waals surface area contributed by atoms with E-state index in [4.69, 9.17) is 15.2 Å². The number of phenols is 1. The van der Waals surface area contributed by atoms with E-state index < -0.39 is 17.1 Å². The molecule has 1 aromatic carbocycles. The van der Waals surface area contributed by atoms with Gasteiger partial charge in [-0.25, -0.2) is 4.39 Å². The van der Waals surface area contributed by atoms with E-state index in [1.165, 1.54) is 14.2 Å². The number of aromatic hydroxyl groups is 1. The quantitative estimate of drug-likeness (QED) is 0.828. The number of phenolic OH excluding ortho intramolecular Hbond substituents is 1. The summed E-state index contributed by atoms with van der Waals surface area (Å²) in [7, 11) is 2.80. The van der Waals surface area contributed by atoms with Gasteiger partial charge in [0.2, 0.25) is 0 Å². The van der Waals surface area contributed by atoms with Crippen LogP contribution in [0.15, 0.2) is 6.07 Å². The Kier molecular flexibility index (Phi) is 3.28. The smallest absolute Gasteiger partial charge is 0.173 e. The van der Waals surface area contributed by atoms with E-state index in [-0.39, 0.29) is 17.1 Å². The number of methoxy groups -OCH3 is 2. The van der Waals surface area contributed by atoms with Crippen LogP contribution in [-0.4, -0.2) is 19.3 Å². The molecule has 3 N–H and O–H groups in total. The molecule has 0 saturated heterocycles. The number of ether oxygens (including phenoxy) is 2. The molecule has 1 aromatic rings. The third-order valence-corrected chi connectivity index (χ3v) is 2.23. The fourth-order valence-electron chi connectivity index (χ4n) is 1.53. The zero-order valence-corrected chi connectivity index (χ0v) is 9.80. The second-order valence-corrected chi connectivity index (χ2v) is 4.04. The van der Waals surface area contributed by atoms with Crippen molar-refractivity contribution in [3.63, 3.8) is 0 Å². The molecule has 5 heteroatoms. The van der Waals surface area contributed by atoms with Crippen molar-refractivity contribution in [2.45, 2.75) is 19.4 Å². The molecule has 0 fully saturated rings. The summed E-state index contributed by atoms with van der Waals surface area (Å²) < 4.78 is 23.9. The van der Waals surface area contributed by atoms with Crippen LogP contribution in [0.25, 0.3) is 0 Å². The van der Waals surface area contributed by atoms with Crippen molar-refractivity contribution in [3.8, 4) is 17.2 Å². The van der Waals surface area contributed by atoms with Gasteiger partial charge in [0.1, 0.15) is 0 Å². The zero-order valence-electron chi connectivity index (χ0n) is 9.80. The van der Waals surface area contributed by atoms with Gasteiger partial charge in [0.15, 0.2) is 23.1 Å². The molecule has 4 nitrogen and oxygen atoms in total. The first-order chi connectivity index (χ1) is 7.32. The normalized spacial score (nSPS) is 11.4. The van der Waals surface area contributed by atoms with Gasteiger partial charge in [0.05, 0.1) is 19.8 Å². The van der Waals surface area contributed by atoms with E-state index in [1.54, 1.807) is 13.8 Å². The molecule has 0 aromatic heterocycles. The molecule has 0 aliphatic carbocycles. The molecule has 0 unspecified atom stereocenters. The Morgan fingerprint density at radius 3 is 2.25 bits per heavy atom. The minimum Gasteiger partial charge on any atom is -0.505 e. The van der Waals surface area contributed by atoms with Crippen LogP contribution < -0.4 is 15.2 Å². The van der Waals surface area contributed by atoms with Crippen molar-refractivity contribution in [2.75, 3.05) is 14.2 Å². The lowest BCUT2D eigenvalue weighted by Crippen LogP contribution is -2.30. The van der Waals surface area contributed by atoms with Crippen LogP contribution in [0.5, 0.6) is 17.2 Å². The summed E-state index contributed by atoms with van der Waals surface area (Å²) in [5, 5.41) is 9.43. The van der Waals surface area contributed by atoms with E-state index in [9.17, 15) is 9.50 Å². The van der Waals surface area contributed by atoms with Crippen molar-refractivity contribution in [2.24, 2.45) is 5.73 Å². The zero-order chi connectivity index (χ0) is 12.5. The Balaban J connectivity index is 3.60. The minimum absolute atomic E-state index is 0.0897. The van der Waals surface area contributed by atoms with Gasteiger partial charge in [-0.1, -0.05) is 0 Å². The van der Waals surface area contributed by atoms with Gasteiger partial charge in [-0.05, 0) is 13.8 Å². The van der Waals surface area contributed by atoms with Crippen LogP contribution in [0.2, 0.25) is 0 Å². The summed E-state index contributed by atoms with van der Waals surface area (Å²) in [6, 6.07) is 1.16. The Bertz CT molecular complexity index is 399. The van der Waals surface area contributed by atoms with Crippen molar-refractivity contribution in [1.82, 2.24) is 0 Å². The molecule has 90 valence electrons. The molecule has 0 atom stereocenters. The number of hydrogen-bond donors (Lipinski definition) is 2. The van der Waals surface area contributed by atoms with Gasteiger partial charge in [-0.2, -0.15) is 0 Å². The Labute approximate surface area is 93.8 Å². The van der Waals surface area contributed by atoms with E-state index >= 15 is 0 Å². The van der Waals surface area contributed by atoms with E-state index in [1.807, 2.05) is 0 Å². The van der Waals surface area contributed by atoms with Crippen LogP contribution in [0.1, 0.15) is 19.4 Å². The third-order valence-electron chi connectivity index (χ3n) is 2.23. The van der Waals surface area contributed by atoms with E-state index in [2.05, 4.69) is 0 Å². The van der Waals surface area contributed by atoms with Gasteiger partial charge in [-0.3, -0.25) is 0 Å². The van der Waals surface area contributed by atoms with Crippen molar-refractivity contribution < 1.29 is 19.0 Å². The lowest BCUT2D eigenvalue weighted by atomic mass is 9.93. The Morgan fingerprint density at radius 2 is 1.88 bits per heavy atom. The standard InChI is InChI=1S/C11H16FNO3/c1-11(2,13)8-9(12)6(14)5-7(15-3)10(8)16-4/h5,14H,13H2,1-4H3. The van der Waals surface area contributed by atoms with E-state index in [0.717, 1.165) is 6.07 Å². The highest BCUT2D eigenvalue weighted by atomic mass is 19.1. The number of rotatable bonds is 3. The summed E-state index contributed by atoms with van der Waals surface area (Å²) in [5.41, 5.74) is 4.94. The fraction of sp³-hybridized carbons (Fsp3) is 0.455. The van der Waals surface area contributed by atoms with Crippen molar-refractivity contribution in [1.29, 1.82) is 0 Å². The van der Waals surface area contributed by atoms with Gasteiger partial charge in [-0.15, -0.1) is 0 Å². The summed E-state index contributed by atoms with van der Waals surface area (Å²) in [5.74, 6) is -0.850. The predicted molar refractivity (Wildman–Crippen MR) is 58.4 cm³/mol. The van der Waals surface area contributed by atoms with Crippen LogP contribution in [-0.2, 0) is 5.54 Å². The second-order valence-electron chi connectivity index (χ2n) is 4.04. The number of nitrogens with two attached hydrogens (primary N) is 1. The largest absolute Gasteiger partial charge is 0.505 e. The molecular weight excluding hydrogens is 213 g/mol. The van der Waals surface area contributed by atoms with Crippen LogP contribution in [0, 0.1) is 5.82 Å². The number of benzene rings is 1. The van der Waals surface area contributed by atoms with Crippen LogP contribution in [0.3, 0.4) is 0 Å².